The zero-order chi connectivity index (χ0) is 20.2. The van der Waals surface area contributed by atoms with E-state index in [9.17, 15) is 30.0 Å². The van der Waals surface area contributed by atoms with Crippen LogP contribution in [-0.2, 0) is 25.1 Å². The molecule has 0 aromatic heterocycles. The maximum atomic E-state index is 13.2. The van der Waals surface area contributed by atoms with Crippen LogP contribution in [0.15, 0.2) is 28.0 Å². The third kappa shape index (κ3) is 5.85. The first-order chi connectivity index (χ1) is 11.9. The summed E-state index contributed by atoms with van der Waals surface area (Å²) in [6.07, 6.45) is -1.58. The molecule has 0 heterocycles. The number of hydrogen-bond acceptors (Lipinski definition) is 4. The Morgan fingerprint density at radius 3 is 1.88 bits per heavy atom. The molecular formula is C16H22ClF3O4S2. The van der Waals surface area contributed by atoms with Crippen molar-refractivity contribution in [3.8, 4) is 0 Å². The van der Waals surface area contributed by atoms with Crippen molar-refractivity contribution in [2.24, 2.45) is 0 Å². The van der Waals surface area contributed by atoms with E-state index in [1.54, 1.807) is 0 Å². The molecule has 0 aliphatic rings. The van der Waals surface area contributed by atoms with E-state index < -0.39 is 45.7 Å². The molecule has 0 aliphatic carbocycles. The van der Waals surface area contributed by atoms with Crippen molar-refractivity contribution in [2.75, 3.05) is 0 Å². The second kappa shape index (κ2) is 8.93. The number of sulfone groups is 1. The molecule has 0 saturated carbocycles. The monoisotopic (exact) mass is 434 g/mol. The zero-order valence-corrected chi connectivity index (χ0v) is 16.9. The molecule has 0 saturated heterocycles. The maximum absolute atomic E-state index is 13.2. The average Bonchev–Trinajstić information content (AvgIpc) is 2.52. The van der Waals surface area contributed by atoms with Crippen LogP contribution in [0.5, 0.6) is 0 Å². The highest BCUT2D eigenvalue weighted by Gasteiger charge is 2.39. The van der Waals surface area contributed by atoms with Gasteiger partial charge in [-0.25, -0.2) is 16.8 Å². The summed E-state index contributed by atoms with van der Waals surface area (Å²) in [6, 6.07) is 1.86. The molecule has 1 aromatic rings. The highest BCUT2D eigenvalue weighted by Crippen LogP contribution is 2.38. The summed E-state index contributed by atoms with van der Waals surface area (Å²) in [5.74, 6) is 0. The number of benzene rings is 1. The molecule has 0 atom stereocenters. The predicted octanol–water partition coefficient (Wildman–Crippen LogP) is 5.16. The molecule has 150 valence electrons. The highest BCUT2D eigenvalue weighted by molar-refractivity contribution is 8.13. The van der Waals surface area contributed by atoms with Crippen LogP contribution in [0, 0.1) is 0 Å². The first kappa shape index (κ1) is 23.2. The SMILES string of the molecule is CCCCC(CCCC)S(=O)(=O)c1ccc(S(=O)(=O)Cl)c(C(F)(F)F)c1. The molecule has 0 spiro atoms. The number of hydrogen-bond donors (Lipinski definition) is 0. The Balaban J connectivity index is 3.48. The van der Waals surface area contributed by atoms with Crippen LogP contribution in [0.3, 0.4) is 0 Å². The molecule has 0 unspecified atom stereocenters. The van der Waals surface area contributed by atoms with Crippen molar-refractivity contribution >= 4 is 29.6 Å². The minimum absolute atomic E-state index is 0.343. The minimum atomic E-state index is -5.05. The molecule has 10 heteroatoms. The van der Waals surface area contributed by atoms with Gasteiger partial charge in [-0.2, -0.15) is 13.2 Å². The fraction of sp³-hybridized carbons (Fsp3) is 0.625. The van der Waals surface area contributed by atoms with Crippen LogP contribution >= 0.6 is 10.7 Å². The highest BCUT2D eigenvalue weighted by atomic mass is 35.7. The summed E-state index contributed by atoms with van der Waals surface area (Å²) < 4.78 is 88.2. The van der Waals surface area contributed by atoms with Gasteiger partial charge in [0.2, 0.25) is 0 Å². The van der Waals surface area contributed by atoms with Gasteiger partial charge in [-0.3, -0.25) is 0 Å². The van der Waals surface area contributed by atoms with Gasteiger partial charge >= 0.3 is 6.18 Å². The van der Waals surface area contributed by atoms with E-state index >= 15 is 0 Å². The lowest BCUT2D eigenvalue weighted by molar-refractivity contribution is -0.140. The third-order valence-corrected chi connectivity index (χ3v) is 7.69. The van der Waals surface area contributed by atoms with Crippen LogP contribution in [0.1, 0.15) is 57.9 Å². The van der Waals surface area contributed by atoms with E-state index in [1.807, 2.05) is 13.8 Å². The summed E-state index contributed by atoms with van der Waals surface area (Å²) in [4.78, 5) is -1.68. The average molecular weight is 435 g/mol. The molecule has 0 N–H and O–H groups in total. The van der Waals surface area contributed by atoms with Gasteiger partial charge in [-0.05, 0) is 31.0 Å². The lowest BCUT2D eigenvalue weighted by Gasteiger charge is -2.19. The van der Waals surface area contributed by atoms with E-state index in [2.05, 4.69) is 0 Å². The van der Waals surface area contributed by atoms with Crippen molar-refractivity contribution in [1.29, 1.82) is 0 Å². The second-order valence-electron chi connectivity index (χ2n) is 6.05. The number of alkyl halides is 3. The number of halogens is 4. The van der Waals surface area contributed by atoms with Gasteiger partial charge in [0, 0.05) is 10.7 Å². The fourth-order valence-corrected chi connectivity index (χ4v) is 5.58. The Labute approximate surface area is 157 Å². The second-order valence-corrected chi connectivity index (χ2v) is 10.8. The van der Waals surface area contributed by atoms with Crippen molar-refractivity contribution in [3.63, 3.8) is 0 Å². The van der Waals surface area contributed by atoms with Crippen LogP contribution in [-0.4, -0.2) is 22.1 Å². The quantitative estimate of drug-likeness (QED) is 0.503. The Bertz CT molecular complexity index is 810. The van der Waals surface area contributed by atoms with Crippen molar-refractivity contribution in [3.05, 3.63) is 23.8 Å². The molecule has 1 aromatic carbocycles. The predicted molar refractivity (Wildman–Crippen MR) is 94.5 cm³/mol. The summed E-state index contributed by atoms with van der Waals surface area (Å²) in [5.41, 5.74) is -1.57. The van der Waals surface area contributed by atoms with Gasteiger partial charge in [0.05, 0.1) is 20.6 Å². The first-order valence-electron chi connectivity index (χ1n) is 8.25. The molecular weight excluding hydrogens is 413 g/mol. The van der Waals surface area contributed by atoms with E-state index in [-0.39, 0.29) is 0 Å². The van der Waals surface area contributed by atoms with Crippen molar-refractivity contribution < 1.29 is 30.0 Å². The largest absolute Gasteiger partial charge is 0.417 e. The summed E-state index contributed by atoms with van der Waals surface area (Å²) >= 11 is 0. The van der Waals surface area contributed by atoms with E-state index in [0.29, 0.717) is 37.8 Å². The van der Waals surface area contributed by atoms with E-state index in [0.717, 1.165) is 18.9 Å². The third-order valence-electron chi connectivity index (χ3n) is 4.05. The smallest absolute Gasteiger partial charge is 0.223 e. The van der Waals surface area contributed by atoms with Crippen LogP contribution < -0.4 is 0 Å². The van der Waals surface area contributed by atoms with Gasteiger partial charge < -0.3 is 0 Å². The number of rotatable bonds is 9. The molecule has 0 radical (unpaired) electrons. The maximum Gasteiger partial charge on any atom is 0.417 e. The standard InChI is InChI=1S/C16H22ClF3O4S2/c1-3-5-7-12(8-6-4-2)25(21,22)13-9-10-15(26(17,23)24)14(11-13)16(18,19)20/h9-12H,3-8H2,1-2H3. The Morgan fingerprint density at radius 1 is 1.00 bits per heavy atom. The fourth-order valence-electron chi connectivity index (χ4n) is 2.63. The summed E-state index contributed by atoms with van der Waals surface area (Å²) in [7, 11) is -3.64. The molecule has 0 amide bonds. The summed E-state index contributed by atoms with van der Waals surface area (Å²) in [6.45, 7) is 3.79. The van der Waals surface area contributed by atoms with Gasteiger partial charge in [-0.15, -0.1) is 0 Å². The van der Waals surface area contributed by atoms with Crippen LogP contribution in [0.2, 0.25) is 0 Å². The molecule has 0 bridgehead atoms. The Morgan fingerprint density at radius 2 is 1.50 bits per heavy atom. The Hall–Kier alpha value is -0.800. The lowest BCUT2D eigenvalue weighted by atomic mass is 10.1. The first-order valence-corrected chi connectivity index (χ1v) is 12.1. The van der Waals surface area contributed by atoms with Gasteiger partial charge in [0.1, 0.15) is 0 Å². The van der Waals surface area contributed by atoms with E-state index in [4.69, 9.17) is 10.7 Å². The molecule has 0 aliphatic heterocycles. The van der Waals surface area contributed by atoms with Crippen LogP contribution in [0.4, 0.5) is 13.2 Å². The molecule has 26 heavy (non-hydrogen) atoms. The van der Waals surface area contributed by atoms with Crippen molar-refractivity contribution in [2.45, 2.75) is 73.6 Å². The molecule has 0 fully saturated rings. The van der Waals surface area contributed by atoms with E-state index in [1.165, 1.54) is 0 Å². The Kier molecular flexibility index (Phi) is 7.98. The van der Waals surface area contributed by atoms with Gasteiger partial charge in [-0.1, -0.05) is 39.5 Å². The minimum Gasteiger partial charge on any atom is -0.223 e. The normalized spacial score (nSPS) is 13.3. The van der Waals surface area contributed by atoms with Crippen LogP contribution in [0.25, 0.3) is 0 Å². The number of unbranched alkanes of at least 4 members (excludes halogenated alkanes) is 2. The topological polar surface area (TPSA) is 68.3 Å². The molecule has 4 nitrogen and oxygen atoms in total. The lowest BCUT2D eigenvalue weighted by Crippen LogP contribution is -2.23. The van der Waals surface area contributed by atoms with Crippen molar-refractivity contribution in [1.82, 2.24) is 0 Å². The summed E-state index contributed by atoms with van der Waals surface area (Å²) in [5, 5.41) is -0.804. The van der Waals surface area contributed by atoms with Gasteiger partial charge in [0.25, 0.3) is 9.05 Å². The zero-order valence-electron chi connectivity index (χ0n) is 14.5. The van der Waals surface area contributed by atoms with Gasteiger partial charge in [0.15, 0.2) is 9.84 Å². The molecule has 1 rings (SSSR count).